The predicted molar refractivity (Wildman–Crippen MR) is 96.5 cm³/mol. The van der Waals surface area contributed by atoms with E-state index in [9.17, 15) is 0 Å². The van der Waals surface area contributed by atoms with Gasteiger partial charge in [0.25, 0.3) is 0 Å². The van der Waals surface area contributed by atoms with E-state index in [1.807, 2.05) is 0 Å². The van der Waals surface area contributed by atoms with E-state index in [-0.39, 0.29) is 6.92 Å². The lowest BCUT2D eigenvalue weighted by Gasteiger charge is -2.15. The van der Waals surface area contributed by atoms with Gasteiger partial charge in [0.1, 0.15) is 0 Å². The Bertz CT molecular complexity index is 498. The van der Waals surface area contributed by atoms with Crippen LogP contribution in [0.5, 0.6) is 0 Å². The molecule has 0 saturated carbocycles. The largest absolute Gasteiger partial charge is 0.426 e. The molecular weight excluding hydrogens is 297 g/mol. The maximum absolute atomic E-state index is 5.97. The van der Waals surface area contributed by atoms with E-state index in [1.54, 1.807) is 23.5 Å². The highest BCUT2D eigenvalue weighted by molar-refractivity contribution is 7.98. The molecule has 0 fully saturated rings. The van der Waals surface area contributed by atoms with Gasteiger partial charge >= 0.3 is 6.92 Å². The van der Waals surface area contributed by atoms with Gasteiger partial charge in [-0.1, -0.05) is 24.3 Å². The van der Waals surface area contributed by atoms with Crippen LogP contribution in [0.25, 0.3) is 0 Å². The third-order valence-electron chi connectivity index (χ3n) is 3.24. The first-order valence-electron chi connectivity index (χ1n) is 6.88. The van der Waals surface area contributed by atoms with Gasteiger partial charge in [0.2, 0.25) is 0 Å². The van der Waals surface area contributed by atoms with Crippen molar-refractivity contribution in [2.24, 2.45) is 5.73 Å². The molecule has 2 nitrogen and oxygen atoms in total. The topological polar surface area (TPSA) is 35.2 Å². The summed E-state index contributed by atoms with van der Waals surface area (Å²) in [5, 5.41) is 0. The normalized spacial score (nSPS) is 10.6. The fourth-order valence-corrected chi connectivity index (χ4v) is 2.94. The number of benzene rings is 2. The van der Waals surface area contributed by atoms with Crippen molar-refractivity contribution in [2.75, 3.05) is 25.7 Å². The van der Waals surface area contributed by atoms with Crippen LogP contribution in [0.15, 0.2) is 58.3 Å². The second kappa shape index (κ2) is 8.54. The third-order valence-corrected chi connectivity index (χ3v) is 4.73. The van der Waals surface area contributed by atoms with Crippen molar-refractivity contribution in [3.05, 3.63) is 48.5 Å². The molecule has 0 amide bonds. The summed E-state index contributed by atoms with van der Waals surface area (Å²) in [6.45, 7) is 1.03. The summed E-state index contributed by atoms with van der Waals surface area (Å²) in [6.07, 6.45) is 4.16. The summed E-state index contributed by atoms with van der Waals surface area (Å²) in [4.78, 5) is 2.52. The Morgan fingerprint density at radius 3 is 1.62 bits per heavy atom. The molecule has 21 heavy (non-hydrogen) atoms. The van der Waals surface area contributed by atoms with E-state index in [0.717, 1.165) is 10.9 Å². The highest BCUT2D eigenvalue weighted by atomic mass is 32.2. The van der Waals surface area contributed by atoms with Gasteiger partial charge in [0.05, 0.1) is 0 Å². The van der Waals surface area contributed by atoms with Crippen molar-refractivity contribution in [1.29, 1.82) is 0 Å². The minimum atomic E-state index is -0.0552. The molecule has 0 unspecified atom stereocenters. The van der Waals surface area contributed by atoms with Crippen molar-refractivity contribution in [2.45, 2.75) is 9.79 Å². The summed E-state index contributed by atoms with van der Waals surface area (Å²) in [5.74, 6) is 0. The molecular formula is C16H20BNOS2. The molecule has 0 saturated heterocycles. The Labute approximate surface area is 136 Å². The zero-order chi connectivity index (χ0) is 15.1. The molecule has 0 heterocycles. The zero-order valence-corrected chi connectivity index (χ0v) is 14.0. The molecule has 2 aromatic carbocycles. The van der Waals surface area contributed by atoms with Gasteiger partial charge in [0, 0.05) is 22.9 Å². The first kappa shape index (κ1) is 16.5. The standard InChI is InChI=1S/C16H20BNOS2/c1-20-15-7-3-13(4-8-15)17(19-12-11-18)14-5-9-16(21-2)10-6-14/h3-10H,11-12,18H2,1-2H3. The summed E-state index contributed by atoms with van der Waals surface area (Å²) >= 11 is 3.49. The van der Waals surface area contributed by atoms with E-state index >= 15 is 0 Å². The van der Waals surface area contributed by atoms with Crippen LogP contribution in [0.3, 0.4) is 0 Å². The average molecular weight is 317 g/mol. The number of hydrogen-bond acceptors (Lipinski definition) is 4. The third kappa shape index (κ3) is 4.55. The van der Waals surface area contributed by atoms with Crippen LogP contribution in [-0.2, 0) is 4.65 Å². The van der Waals surface area contributed by atoms with E-state index in [2.05, 4.69) is 61.0 Å². The maximum atomic E-state index is 5.97. The molecule has 0 aliphatic heterocycles. The van der Waals surface area contributed by atoms with Crippen LogP contribution >= 0.6 is 23.5 Å². The van der Waals surface area contributed by atoms with Gasteiger partial charge in [-0.25, -0.2) is 0 Å². The van der Waals surface area contributed by atoms with Gasteiger partial charge in [-0.3, -0.25) is 0 Å². The minimum absolute atomic E-state index is 0.0552. The quantitative estimate of drug-likeness (QED) is 0.627. The lowest BCUT2D eigenvalue weighted by atomic mass is 9.55. The molecule has 0 radical (unpaired) electrons. The van der Waals surface area contributed by atoms with Gasteiger partial charge < -0.3 is 10.4 Å². The van der Waals surface area contributed by atoms with Crippen molar-refractivity contribution < 1.29 is 4.65 Å². The van der Waals surface area contributed by atoms with E-state index < -0.39 is 0 Å². The van der Waals surface area contributed by atoms with Crippen molar-refractivity contribution in [1.82, 2.24) is 0 Å². The Kier molecular flexibility index (Phi) is 6.71. The second-order valence-electron chi connectivity index (χ2n) is 4.59. The molecule has 2 aromatic rings. The Morgan fingerprint density at radius 1 is 0.857 bits per heavy atom. The Hall–Kier alpha value is -0.875. The number of thioether (sulfide) groups is 2. The smallest absolute Gasteiger partial charge is 0.361 e. The van der Waals surface area contributed by atoms with Crippen LogP contribution in [-0.4, -0.2) is 32.6 Å². The fourth-order valence-electron chi connectivity index (χ4n) is 2.13. The zero-order valence-electron chi connectivity index (χ0n) is 12.4. The average Bonchev–Trinajstić information content (AvgIpc) is 2.56. The Balaban J connectivity index is 2.26. The molecule has 0 aliphatic rings. The van der Waals surface area contributed by atoms with Crippen LogP contribution in [0.4, 0.5) is 0 Å². The maximum Gasteiger partial charge on any atom is 0.361 e. The van der Waals surface area contributed by atoms with Crippen LogP contribution in [0.1, 0.15) is 0 Å². The number of hydrogen-bond donors (Lipinski definition) is 1. The Morgan fingerprint density at radius 2 is 1.29 bits per heavy atom. The molecule has 5 heteroatoms. The highest BCUT2D eigenvalue weighted by Gasteiger charge is 2.21. The molecule has 0 spiro atoms. The van der Waals surface area contributed by atoms with Gasteiger partial charge in [-0.2, -0.15) is 0 Å². The lowest BCUT2D eigenvalue weighted by Crippen LogP contribution is -2.45. The molecule has 110 valence electrons. The van der Waals surface area contributed by atoms with Crippen molar-refractivity contribution >= 4 is 41.4 Å². The number of nitrogens with two attached hydrogens (primary N) is 1. The van der Waals surface area contributed by atoms with Crippen LogP contribution < -0.4 is 16.7 Å². The number of rotatable bonds is 7. The first-order chi connectivity index (χ1) is 10.3. The summed E-state index contributed by atoms with van der Waals surface area (Å²) in [7, 11) is 0. The monoisotopic (exact) mass is 317 g/mol. The highest BCUT2D eigenvalue weighted by Crippen LogP contribution is 2.13. The van der Waals surface area contributed by atoms with Crippen molar-refractivity contribution in [3.8, 4) is 0 Å². The first-order valence-corrected chi connectivity index (χ1v) is 9.33. The summed E-state index contributed by atoms with van der Waals surface area (Å²) in [6, 6.07) is 17.1. The van der Waals surface area contributed by atoms with Gasteiger partial charge in [-0.15, -0.1) is 23.5 Å². The summed E-state index contributed by atoms with van der Waals surface area (Å²) in [5.41, 5.74) is 7.92. The van der Waals surface area contributed by atoms with E-state index in [1.165, 1.54) is 9.79 Å². The van der Waals surface area contributed by atoms with E-state index in [0.29, 0.717) is 13.2 Å². The molecule has 0 aliphatic carbocycles. The minimum Gasteiger partial charge on any atom is -0.426 e. The van der Waals surface area contributed by atoms with E-state index in [4.69, 9.17) is 10.4 Å². The van der Waals surface area contributed by atoms with Gasteiger partial charge in [0.15, 0.2) is 0 Å². The molecule has 2 N–H and O–H groups in total. The molecule has 0 bridgehead atoms. The lowest BCUT2D eigenvalue weighted by molar-refractivity contribution is 0.344. The molecule has 2 rings (SSSR count). The van der Waals surface area contributed by atoms with Crippen LogP contribution in [0, 0.1) is 0 Å². The molecule has 0 aromatic heterocycles. The second-order valence-corrected chi connectivity index (χ2v) is 6.35. The van der Waals surface area contributed by atoms with Crippen molar-refractivity contribution in [3.63, 3.8) is 0 Å². The van der Waals surface area contributed by atoms with Crippen LogP contribution in [0.2, 0.25) is 0 Å². The summed E-state index contributed by atoms with van der Waals surface area (Å²) < 4.78 is 5.97. The predicted octanol–water partition coefficient (Wildman–Crippen LogP) is 2.21. The van der Waals surface area contributed by atoms with Gasteiger partial charge in [-0.05, 0) is 47.7 Å². The SMILES string of the molecule is CSc1ccc(B(OCCN)c2ccc(SC)cc2)cc1. The fraction of sp³-hybridized carbons (Fsp3) is 0.250. The molecule has 0 atom stereocenters.